The van der Waals surface area contributed by atoms with E-state index in [1.807, 2.05) is 6.07 Å². The number of amides is 1. The van der Waals surface area contributed by atoms with Crippen LogP contribution in [0.25, 0.3) is 21.2 Å². The molecule has 4 rings (SSSR count). The molecular formula is C25H24N2OS. The third-order valence-electron chi connectivity index (χ3n) is 5.02. The van der Waals surface area contributed by atoms with Gasteiger partial charge in [0, 0.05) is 18.3 Å². The van der Waals surface area contributed by atoms with Gasteiger partial charge in [-0.3, -0.25) is 4.79 Å². The van der Waals surface area contributed by atoms with E-state index in [1.54, 1.807) is 7.05 Å². The highest BCUT2D eigenvalue weighted by atomic mass is 32.1. The van der Waals surface area contributed by atoms with E-state index in [0.717, 1.165) is 34.5 Å². The first-order chi connectivity index (χ1) is 14.2. The monoisotopic (exact) mass is 400 g/mol. The average Bonchev–Trinajstić information content (AvgIpc) is 3.21. The third-order valence-corrected chi connectivity index (χ3v) is 6.13. The second-order valence-electron chi connectivity index (χ2n) is 7.05. The number of hydrogen-bond acceptors (Lipinski definition) is 3. The molecule has 0 spiro atoms. The van der Waals surface area contributed by atoms with E-state index in [2.05, 4.69) is 83.4 Å². The Morgan fingerprint density at radius 3 is 2.38 bits per heavy atom. The molecule has 0 aliphatic carbocycles. The molecule has 29 heavy (non-hydrogen) atoms. The highest BCUT2D eigenvalue weighted by molar-refractivity contribution is 7.20. The number of thiophene rings is 1. The molecule has 0 atom stereocenters. The second-order valence-corrected chi connectivity index (χ2v) is 8.14. The number of hydrogen-bond donors (Lipinski definition) is 2. The molecule has 0 bridgehead atoms. The van der Waals surface area contributed by atoms with Gasteiger partial charge in [-0.2, -0.15) is 0 Å². The van der Waals surface area contributed by atoms with Crippen LogP contribution < -0.4 is 10.6 Å². The number of carbonyl (C=O) groups excluding carboxylic acids is 1. The fourth-order valence-electron chi connectivity index (χ4n) is 3.38. The van der Waals surface area contributed by atoms with Crippen LogP contribution in [-0.2, 0) is 13.0 Å². The largest absolute Gasteiger partial charge is 0.354 e. The SMILES string of the molecule is CNC(=O)c1cc2cc(-c3ccc(CNCCc4ccccc4)cc3)ccc2s1. The van der Waals surface area contributed by atoms with E-state index in [4.69, 9.17) is 0 Å². The minimum Gasteiger partial charge on any atom is -0.354 e. The molecule has 4 aromatic rings. The molecule has 0 fully saturated rings. The molecule has 0 aliphatic rings. The van der Waals surface area contributed by atoms with E-state index in [9.17, 15) is 4.79 Å². The Balaban J connectivity index is 1.38. The summed E-state index contributed by atoms with van der Waals surface area (Å²) in [4.78, 5) is 12.6. The van der Waals surface area contributed by atoms with Gasteiger partial charge in [0.2, 0.25) is 0 Å². The van der Waals surface area contributed by atoms with Gasteiger partial charge in [-0.05, 0) is 58.8 Å². The minimum absolute atomic E-state index is 0.0307. The number of fused-ring (bicyclic) bond motifs is 1. The smallest absolute Gasteiger partial charge is 0.261 e. The van der Waals surface area contributed by atoms with Crippen molar-refractivity contribution in [2.24, 2.45) is 0 Å². The van der Waals surface area contributed by atoms with Gasteiger partial charge < -0.3 is 10.6 Å². The summed E-state index contributed by atoms with van der Waals surface area (Å²) in [5.41, 5.74) is 4.99. The molecule has 1 amide bonds. The first-order valence-electron chi connectivity index (χ1n) is 9.82. The summed E-state index contributed by atoms with van der Waals surface area (Å²) in [6.45, 7) is 1.83. The van der Waals surface area contributed by atoms with Crippen LogP contribution in [0.15, 0.2) is 78.9 Å². The van der Waals surface area contributed by atoms with Crippen molar-refractivity contribution in [3.05, 3.63) is 94.9 Å². The number of benzene rings is 3. The van der Waals surface area contributed by atoms with Gasteiger partial charge in [-0.15, -0.1) is 11.3 Å². The number of nitrogens with one attached hydrogen (secondary N) is 2. The second kappa shape index (κ2) is 9.03. The zero-order valence-electron chi connectivity index (χ0n) is 16.4. The van der Waals surface area contributed by atoms with Crippen LogP contribution in [0.4, 0.5) is 0 Å². The predicted octanol–water partition coefficient (Wildman–Crippen LogP) is 5.26. The van der Waals surface area contributed by atoms with E-state index in [-0.39, 0.29) is 5.91 Å². The van der Waals surface area contributed by atoms with Gasteiger partial charge in [-0.1, -0.05) is 60.7 Å². The van der Waals surface area contributed by atoms with Gasteiger partial charge in [0.25, 0.3) is 5.91 Å². The van der Waals surface area contributed by atoms with Crippen LogP contribution in [-0.4, -0.2) is 19.5 Å². The molecule has 3 aromatic carbocycles. The predicted molar refractivity (Wildman–Crippen MR) is 123 cm³/mol. The molecule has 1 aromatic heterocycles. The van der Waals surface area contributed by atoms with Crippen molar-refractivity contribution >= 4 is 27.3 Å². The van der Waals surface area contributed by atoms with Gasteiger partial charge in [0.15, 0.2) is 0 Å². The maximum absolute atomic E-state index is 11.9. The van der Waals surface area contributed by atoms with E-state index in [1.165, 1.54) is 33.6 Å². The van der Waals surface area contributed by atoms with Crippen molar-refractivity contribution in [3.63, 3.8) is 0 Å². The van der Waals surface area contributed by atoms with Crippen LogP contribution >= 0.6 is 11.3 Å². The Morgan fingerprint density at radius 2 is 1.62 bits per heavy atom. The lowest BCUT2D eigenvalue weighted by Crippen LogP contribution is -2.16. The number of rotatable bonds is 7. The molecule has 3 nitrogen and oxygen atoms in total. The molecular weight excluding hydrogens is 376 g/mol. The summed E-state index contributed by atoms with van der Waals surface area (Å²) in [6, 6.07) is 27.6. The zero-order valence-corrected chi connectivity index (χ0v) is 17.3. The van der Waals surface area contributed by atoms with Gasteiger partial charge in [0.1, 0.15) is 0 Å². The first kappa shape index (κ1) is 19.4. The molecule has 0 radical (unpaired) electrons. The van der Waals surface area contributed by atoms with E-state index in [0.29, 0.717) is 0 Å². The summed E-state index contributed by atoms with van der Waals surface area (Å²) in [7, 11) is 1.66. The Bertz CT molecular complexity index is 1100. The molecule has 0 saturated carbocycles. The highest BCUT2D eigenvalue weighted by Gasteiger charge is 2.09. The minimum atomic E-state index is -0.0307. The lowest BCUT2D eigenvalue weighted by atomic mass is 10.0. The van der Waals surface area contributed by atoms with E-state index >= 15 is 0 Å². The number of carbonyl (C=O) groups is 1. The Morgan fingerprint density at radius 1 is 0.862 bits per heavy atom. The molecule has 4 heteroatoms. The Kier molecular flexibility index (Phi) is 6.03. The van der Waals surface area contributed by atoms with Gasteiger partial charge >= 0.3 is 0 Å². The highest BCUT2D eigenvalue weighted by Crippen LogP contribution is 2.30. The van der Waals surface area contributed by atoms with Crippen molar-refractivity contribution in [1.82, 2.24) is 10.6 Å². The van der Waals surface area contributed by atoms with Crippen molar-refractivity contribution in [2.75, 3.05) is 13.6 Å². The first-order valence-corrected chi connectivity index (χ1v) is 10.6. The van der Waals surface area contributed by atoms with Gasteiger partial charge in [-0.25, -0.2) is 0 Å². The Labute approximate surface area is 175 Å². The summed E-state index contributed by atoms with van der Waals surface area (Å²) in [5.74, 6) is -0.0307. The summed E-state index contributed by atoms with van der Waals surface area (Å²) in [5, 5.41) is 7.32. The zero-order chi connectivity index (χ0) is 20.1. The lowest BCUT2D eigenvalue weighted by Gasteiger charge is -2.07. The molecule has 0 saturated heterocycles. The quantitative estimate of drug-likeness (QED) is 0.416. The van der Waals surface area contributed by atoms with Crippen LogP contribution in [0, 0.1) is 0 Å². The van der Waals surface area contributed by atoms with Crippen molar-refractivity contribution in [3.8, 4) is 11.1 Å². The summed E-state index contributed by atoms with van der Waals surface area (Å²) >= 11 is 1.53. The molecule has 0 unspecified atom stereocenters. The topological polar surface area (TPSA) is 41.1 Å². The van der Waals surface area contributed by atoms with Crippen LogP contribution in [0.2, 0.25) is 0 Å². The Hall–Kier alpha value is -2.95. The standard InChI is InChI=1S/C25H24N2OS/c1-26-25(28)24-16-22-15-21(11-12-23(22)29-24)20-9-7-19(8-10-20)17-27-14-13-18-5-3-2-4-6-18/h2-12,15-16,27H,13-14,17H2,1H3,(H,26,28). The average molecular weight is 401 g/mol. The third kappa shape index (κ3) is 4.73. The normalized spacial score (nSPS) is 10.9. The fourth-order valence-corrected chi connectivity index (χ4v) is 4.37. The molecule has 146 valence electrons. The van der Waals surface area contributed by atoms with Crippen LogP contribution in [0.5, 0.6) is 0 Å². The molecule has 1 heterocycles. The molecule has 2 N–H and O–H groups in total. The van der Waals surface area contributed by atoms with Crippen molar-refractivity contribution in [1.29, 1.82) is 0 Å². The summed E-state index contributed by atoms with van der Waals surface area (Å²) in [6.07, 6.45) is 1.04. The molecule has 0 aliphatic heterocycles. The van der Waals surface area contributed by atoms with E-state index < -0.39 is 0 Å². The van der Waals surface area contributed by atoms with Crippen molar-refractivity contribution in [2.45, 2.75) is 13.0 Å². The lowest BCUT2D eigenvalue weighted by molar-refractivity contribution is 0.0967. The maximum Gasteiger partial charge on any atom is 0.261 e. The van der Waals surface area contributed by atoms with Crippen LogP contribution in [0.1, 0.15) is 20.8 Å². The fraction of sp³-hybridized carbons (Fsp3) is 0.160. The van der Waals surface area contributed by atoms with Gasteiger partial charge in [0.05, 0.1) is 4.88 Å². The van der Waals surface area contributed by atoms with Crippen molar-refractivity contribution < 1.29 is 4.79 Å². The summed E-state index contributed by atoms with van der Waals surface area (Å²) < 4.78 is 1.13. The van der Waals surface area contributed by atoms with Crippen LogP contribution in [0.3, 0.4) is 0 Å². The maximum atomic E-state index is 11.9.